The first-order valence-corrected chi connectivity index (χ1v) is 8.04. The Hall–Kier alpha value is -2.83. The minimum absolute atomic E-state index is 0.133. The van der Waals surface area contributed by atoms with E-state index in [1.165, 1.54) is 21.0 Å². The number of Topliss-reactive ketones (excluding diaryl/α,β-unsaturated/α-hetero) is 1. The molecule has 1 amide bonds. The van der Waals surface area contributed by atoms with Crippen molar-refractivity contribution in [2.75, 3.05) is 20.3 Å². The lowest BCUT2D eigenvalue weighted by atomic mass is 10.0. The Labute approximate surface area is 145 Å². The molecule has 0 aliphatic rings. The van der Waals surface area contributed by atoms with Gasteiger partial charge in [-0.25, -0.2) is 4.79 Å². The number of carbonyl (C=O) groups is 3. The summed E-state index contributed by atoms with van der Waals surface area (Å²) in [4.78, 5) is 38.2. The third-order valence-electron chi connectivity index (χ3n) is 3.83. The smallest absolute Gasteiger partial charge is 0.355 e. The SMILES string of the molecule is CCOC(=O)c1[nH]c2cc(C(C)=O)c(OC)cc2c1CCNC(C)=O. The average molecular weight is 346 g/mol. The van der Waals surface area contributed by atoms with Crippen LogP contribution in [0.25, 0.3) is 10.9 Å². The van der Waals surface area contributed by atoms with E-state index in [9.17, 15) is 14.4 Å². The molecule has 0 atom stereocenters. The zero-order valence-corrected chi connectivity index (χ0v) is 14.8. The zero-order chi connectivity index (χ0) is 18.6. The maximum Gasteiger partial charge on any atom is 0.355 e. The Morgan fingerprint density at radius 3 is 2.48 bits per heavy atom. The highest BCUT2D eigenvalue weighted by Gasteiger charge is 2.21. The van der Waals surface area contributed by atoms with Crippen LogP contribution >= 0.6 is 0 Å². The lowest BCUT2D eigenvalue weighted by Crippen LogP contribution is -2.23. The van der Waals surface area contributed by atoms with E-state index in [1.807, 2.05) is 0 Å². The molecule has 1 aromatic carbocycles. The van der Waals surface area contributed by atoms with Gasteiger partial charge in [-0.2, -0.15) is 0 Å². The van der Waals surface area contributed by atoms with Crippen LogP contribution in [0.15, 0.2) is 12.1 Å². The molecule has 0 aliphatic heterocycles. The van der Waals surface area contributed by atoms with Gasteiger partial charge in [0.15, 0.2) is 5.78 Å². The van der Waals surface area contributed by atoms with Crippen molar-refractivity contribution in [3.63, 3.8) is 0 Å². The Kier molecular flexibility index (Phi) is 5.80. The van der Waals surface area contributed by atoms with Gasteiger partial charge in [0.1, 0.15) is 11.4 Å². The van der Waals surface area contributed by atoms with Crippen LogP contribution in [0.3, 0.4) is 0 Å². The fourth-order valence-corrected chi connectivity index (χ4v) is 2.72. The summed E-state index contributed by atoms with van der Waals surface area (Å²) in [6, 6.07) is 3.40. The highest BCUT2D eigenvalue weighted by atomic mass is 16.5. The van der Waals surface area contributed by atoms with Crippen molar-refractivity contribution in [2.24, 2.45) is 0 Å². The molecule has 1 heterocycles. The number of rotatable bonds is 7. The van der Waals surface area contributed by atoms with E-state index < -0.39 is 5.97 Å². The number of carbonyl (C=O) groups excluding carboxylic acids is 3. The molecule has 7 nitrogen and oxygen atoms in total. The number of amides is 1. The van der Waals surface area contributed by atoms with Crippen molar-refractivity contribution in [3.05, 3.63) is 29.0 Å². The number of ketones is 1. The van der Waals surface area contributed by atoms with Gasteiger partial charge in [0.05, 0.1) is 19.3 Å². The Morgan fingerprint density at radius 1 is 1.20 bits per heavy atom. The number of aromatic nitrogens is 1. The van der Waals surface area contributed by atoms with Gasteiger partial charge in [0.2, 0.25) is 5.91 Å². The molecule has 0 unspecified atom stereocenters. The van der Waals surface area contributed by atoms with E-state index in [2.05, 4.69) is 10.3 Å². The Balaban J connectivity index is 2.57. The molecule has 1 aromatic heterocycles. The van der Waals surface area contributed by atoms with E-state index in [1.54, 1.807) is 19.1 Å². The predicted octanol–water partition coefficient (Wildman–Crippen LogP) is 2.23. The van der Waals surface area contributed by atoms with E-state index >= 15 is 0 Å². The summed E-state index contributed by atoms with van der Waals surface area (Å²) in [7, 11) is 1.49. The predicted molar refractivity (Wildman–Crippen MR) is 93.2 cm³/mol. The summed E-state index contributed by atoms with van der Waals surface area (Å²) in [5.41, 5.74) is 2.12. The maximum absolute atomic E-state index is 12.3. The minimum atomic E-state index is -0.472. The molecule has 7 heteroatoms. The van der Waals surface area contributed by atoms with Crippen molar-refractivity contribution < 1.29 is 23.9 Å². The van der Waals surface area contributed by atoms with Crippen LogP contribution in [0.2, 0.25) is 0 Å². The Bertz CT molecular complexity index is 822. The Morgan fingerprint density at radius 2 is 1.92 bits per heavy atom. The highest BCUT2D eigenvalue weighted by Crippen LogP contribution is 2.31. The van der Waals surface area contributed by atoms with Gasteiger partial charge < -0.3 is 19.8 Å². The molecular weight excluding hydrogens is 324 g/mol. The summed E-state index contributed by atoms with van der Waals surface area (Å²) in [6.07, 6.45) is 0.441. The number of aromatic amines is 1. The monoisotopic (exact) mass is 346 g/mol. The van der Waals surface area contributed by atoms with Crippen molar-refractivity contribution >= 4 is 28.6 Å². The van der Waals surface area contributed by atoms with Crippen LogP contribution in [-0.4, -0.2) is 42.9 Å². The summed E-state index contributed by atoms with van der Waals surface area (Å²) < 4.78 is 10.4. The third-order valence-corrected chi connectivity index (χ3v) is 3.83. The number of methoxy groups -OCH3 is 1. The number of hydrogen-bond acceptors (Lipinski definition) is 5. The van der Waals surface area contributed by atoms with Crippen LogP contribution in [0, 0.1) is 0 Å². The number of hydrogen-bond donors (Lipinski definition) is 2. The van der Waals surface area contributed by atoms with Gasteiger partial charge in [-0.15, -0.1) is 0 Å². The number of ether oxygens (including phenoxy) is 2. The molecule has 0 bridgehead atoms. The number of H-pyrrole nitrogens is 1. The molecule has 0 saturated heterocycles. The van der Waals surface area contributed by atoms with Crippen molar-refractivity contribution in [1.29, 1.82) is 0 Å². The van der Waals surface area contributed by atoms with Gasteiger partial charge in [0, 0.05) is 24.4 Å². The van der Waals surface area contributed by atoms with E-state index in [-0.39, 0.29) is 18.3 Å². The molecule has 2 N–H and O–H groups in total. The fraction of sp³-hybridized carbons (Fsp3) is 0.389. The number of fused-ring (bicyclic) bond motifs is 1. The normalized spacial score (nSPS) is 10.6. The molecule has 0 aliphatic carbocycles. The van der Waals surface area contributed by atoms with Gasteiger partial charge in [-0.1, -0.05) is 0 Å². The second-order valence-corrected chi connectivity index (χ2v) is 5.59. The summed E-state index contributed by atoms with van der Waals surface area (Å²) >= 11 is 0. The second kappa shape index (κ2) is 7.83. The fourth-order valence-electron chi connectivity index (χ4n) is 2.72. The van der Waals surface area contributed by atoms with Gasteiger partial charge in [-0.05, 0) is 38.0 Å². The maximum atomic E-state index is 12.3. The molecule has 0 radical (unpaired) electrons. The van der Waals surface area contributed by atoms with Gasteiger partial charge in [0.25, 0.3) is 0 Å². The first kappa shape index (κ1) is 18.5. The summed E-state index contributed by atoms with van der Waals surface area (Å²) in [5.74, 6) is -0.310. The van der Waals surface area contributed by atoms with E-state index in [4.69, 9.17) is 9.47 Å². The number of benzene rings is 1. The van der Waals surface area contributed by atoms with Crippen LogP contribution < -0.4 is 10.1 Å². The number of nitrogens with one attached hydrogen (secondary N) is 2. The van der Waals surface area contributed by atoms with E-state index in [0.29, 0.717) is 35.5 Å². The topological polar surface area (TPSA) is 97.5 Å². The van der Waals surface area contributed by atoms with Crippen molar-refractivity contribution in [1.82, 2.24) is 10.3 Å². The van der Waals surface area contributed by atoms with Crippen molar-refractivity contribution in [3.8, 4) is 5.75 Å². The molecule has 2 aromatic rings. The minimum Gasteiger partial charge on any atom is -0.496 e. The standard InChI is InChI=1S/C18H22N2O5/c1-5-25-18(23)17-12(6-7-19-11(3)22)14-9-16(24-4)13(10(2)21)8-15(14)20-17/h8-9,20H,5-7H2,1-4H3,(H,19,22). The molecule has 2 rings (SSSR count). The van der Waals surface area contributed by atoms with Crippen LogP contribution in [0.4, 0.5) is 0 Å². The molecule has 134 valence electrons. The molecular formula is C18H22N2O5. The molecule has 25 heavy (non-hydrogen) atoms. The molecule has 0 spiro atoms. The molecule has 0 saturated carbocycles. The third kappa shape index (κ3) is 3.99. The summed E-state index contributed by atoms with van der Waals surface area (Å²) in [5, 5.41) is 3.47. The lowest BCUT2D eigenvalue weighted by molar-refractivity contribution is -0.118. The first-order valence-electron chi connectivity index (χ1n) is 8.04. The lowest BCUT2D eigenvalue weighted by Gasteiger charge is -2.08. The van der Waals surface area contributed by atoms with Crippen LogP contribution in [-0.2, 0) is 16.0 Å². The first-order chi connectivity index (χ1) is 11.9. The largest absolute Gasteiger partial charge is 0.496 e. The van der Waals surface area contributed by atoms with E-state index in [0.717, 1.165) is 10.9 Å². The number of esters is 1. The van der Waals surface area contributed by atoms with Crippen LogP contribution in [0.5, 0.6) is 5.75 Å². The quantitative estimate of drug-likeness (QED) is 0.592. The second-order valence-electron chi connectivity index (χ2n) is 5.59. The van der Waals surface area contributed by atoms with Gasteiger partial charge in [-0.3, -0.25) is 9.59 Å². The van der Waals surface area contributed by atoms with Gasteiger partial charge >= 0.3 is 5.97 Å². The summed E-state index contributed by atoms with van der Waals surface area (Å²) in [6.45, 7) is 5.25. The molecule has 0 fully saturated rings. The average Bonchev–Trinajstić information content (AvgIpc) is 2.91. The van der Waals surface area contributed by atoms with Crippen LogP contribution in [0.1, 0.15) is 47.2 Å². The van der Waals surface area contributed by atoms with Crippen molar-refractivity contribution in [2.45, 2.75) is 27.2 Å². The highest BCUT2D eigenvalue weighted by molar-refractivity contribution is 6.04. The zero-order valence-electron chi connectivity index (χ0n) is 14.8.